The molecule has 10 heavy (non-hydrogen) atoms. The first kappa shape index (κ1) is 8.92. The number of nitrogens with zero attached hydrogens (tertiary/aromatic N) is 1. The average Bonchev–Trinajstić information content (AvgIpc) is 1.88. The molecule has 0 rings (SSSR count). The molecule has 0 fully saturated rings. The Morgan fingerprint density at radius 1 is 1.90 bits per heavy atom. The van der Waals surface area contributed by atoms with E-state index in [0.717, 1.165) is 0 Å². The molecule has 0 aliphatic heterocycles. The van der Waals surface area contributed by atoms with Crippen LogP contribution in [0.2, 0.25) is 0 Å². The van der Waals surface area contributed by atoms with E-state index in [0.29, 0.717) is 0 Å². The standard InChI is InChI=1S/C6H10N2O2/c1-2-6(10,3-4-7)5(8)9/h10H,2-3H2,1H3,(H2,8,9)/t6-/m1/s1. The van der Waals surface area contributed by atoms with E-state index in [1.807, 2.05) is 0 Å². The summed E-state index contributed by atoms with van der Waals surface area (Å²) in [5.74, 6) is -0.837. The van der Waals surface area contributed by atoms with Crippen molar-refractivity contribution in [2.75, 3.05) is 0 Å². The van der Waals surface area contributed by atoms with Crippen molar-refractivity contribution in [3.8, 4) is 6.07 Å². The van der Waals surface area contributed by atoms with E-state index in [1.54, 1.807) is 13.0 Å². The highest BCUT2D eigenvalue weighted by atomic mass is 16.3. The monoisotopic (exact) mass is 142 g/mol. The molecule has 0 unspecified atom stereocenters. The first-order valence-electron chi connectivity index (χ1n) is 2.96. The molecule has 1 atom stereocenters. The van der Waals surface area contributed by atoms with Gasteiger partial charge in [-0.05, 0) is 6.42 Å². The molecule has 0 aromatic heterocycles. The van der Waals surface area contributed by atoms with E-state index < -0.39 is 11.5 Å². The van der Waals surface area contributed by atoms with E-state index in [9.17, 15) is 9.90 Å². The fourth-order valence-corrected chi connectivity index (χ4v) is 0.517. The van der Waals surface area contributed by atoms with Crippen LogP contribution < -0.4 is 5.73 Å². The first-order chi connectivity index (χ1) is 4.56. The fourth-order valence-electron chi connectivity index (χ4n) is 0.517. The van der Waals surface area contributed by atoms with Crippen LogP contribution in [0.3, 0.4) is 0 Å². The molecule has 0 aromatic rings. The van der Waals surface area contributed by atoms with Gasteiger partial charge in [0.25, 0.3) is 0 Å². The Hall–Kier alpha value is -1.08. The van der Waals surface area contributed by atoms with Crippen LogP contribution in [0.4, 0.5) is 0 Å². The molecule has 3 N–H and O–H groups in total. The van der Waals surface area contributed by atoms with Gasteiger partial charge in [0.1, 0.15) is 0 Å². The highest BCUT2D eigenvalue weighted by Gasteiger charge is 2.31. The number of amides is 1. The molecule has 1 amide bonds. The third-order valence-corrected chi connectivity index (χ3v) is 1.42. The van der Waals surface area contributed by atoms with Gasteiger partial charge >= 0.3 is 0 Å². The van der Waals surface area contributed by atoms with E-state index >= 15 is 0 Å². The van der Waals surface area contributed by atoms with Crippen LogP contribution in [0, 0.1) is 11.3 Å². The molecule has 0 saturated carbocycles. The Kier molecular flexibility index (Phi) is 2.84. The maximum absolute atomic E-state index is 10.5. The lowest BCUT2D eigenvalue weighted by molar-refractivity contribution is -0.136. The minimum Gasteiger partial charge on any atom is -0.379 e. The second-order valence-electron chi connectivity index (χ2n) is 2.08. The molecule has 0 radical (unpaired) electrons. The third-order valence-electron chi connectivity index (χ3n) is 1.42. The number of carbonyl (C=O) groups excluding carboxylic acids is 1. The summed E-state index contributed by atoms with van der Waals surface area (Å²) in [6.45, 7) is 1.60. The predicted molar refractivity (Wildman–Crippen MR) is 34.7 cm³/mol. The van der Waals surface area contributed by atoms with Crippen molar-refractivity contribution in [2.45, 2.75) is 25.4 Å². The second kappa shape index (κ2) is 3.18. The van der Waals surface area contributed by atoms with E-state index in [4.69, 9.17) is 11.0 Å². The first-order valence-corrected chi connectivity index (χ1v) is 2.96. The van der Waals surface area contributed by atoms with Gasteiger partial charge in [-0.15, -0.1) is 0 Å². The van der Waals surface area contributed by atoms with E-state index in [2.05, 4.69) is 0 Å². The highest BCUT2D eigenvalue weighted by Crippen LogP contribution is 2.12. The van der Waals surface area contributed by atoms with Crippen molar-refractivity contribution >= 4 is 5.91 Å². The number of nitrogens with two attached hydrogens (primary N) is 1. The lowest BCUT2D eigenvalue weighted by Crippen LogP contribution is -2.42. The highest BCUT2D eigenvalue weighted by molar-refractivity contribution is 5.83. The Morgan fingerprint density at radius 3 is 2.50 bits per heavy atom. The molecule has 0 heterocycles. The van der Waals surface area contributed by atoms with Crippen molar-refractivity contribution in [1.82, 2.24) is 0 Å². The Balaban J connectivity index is 4.26. The minimum absolute atomic E-state index is 0.176. The van der Waals surface area contributed by atoms with Crippen molar-refractivity contribution in [1.29, 1.82) is 5.26 Å². The van der Waals surface area contributed by atoms with Gasteiger partial charge in [-0.3, -0.25) is 4.79 Å². The van der Waals surface area contributed by atoms with Gasteiger partial charge in [-0.25, -0.2) is 0 Å². The van der Waals surface area contributed by atoms with Gasteiger partial charge in [0.15, 0.2) is 5.60 Å². The van der Waals surface area contributed by atoms with Gasteiger partial charge in [0.05, 0.1) is 12.5 Å². The van der Waals surface area contributed by atoms with Crippen molar-refractivity contribution in [3.63, 3.8) is 0 Å². The molecule has 0 aliphatic rings. The van der Waals surface area contributed by atoms with Crippen LogP contribution in [0.5, 0.6) is 0 Å². The summed E-state index contributed by atoms with van der Waals surface area (Å²) < 4.78 is 0. The smallest absolute Gasteiger partial charge is 0.250 e. The van der Waals surface area contributed by atoms with Crippen LogP contribution in [0.25, 0.3) is 0 Å². The summed E-state index contributed by atoms with van der Waals surface area (Å²) in [4.78, 5) is 10.5. The van der Waals surface area contributed by atoms with Gasteiger partial charge in [0, 0.05) is 0 Å². The Bertz CT molecular complexity index is 173. The normalized spacial score (nSPS) is 15.3. The Morgan fingerprint density at radius 2 is 2.40 bits per heavy atom. The number of hydrogen-bond acceptors (Lipinski definition) is 3. The minimum atomic E-state index is -1.63. The molecule has 0 saturated heterocycles. The average molecular weight is 142 g/mol. The summed E-state index contributed by atoms with van der Waals surface area (Å²) in [5.41, 5.74) is 3.20. The number of carbonyl (C=O) groups is 1. The van der Waals surface area contributed by atoms with Crippen LogP contribution in [-0.4, -0.2) is 16.6 Å². The summed E-state index contributed by atoms with van der Waals surface area (Å²) in [6, 6.07) is 1.69. The van der Waals surface area contributed by atoms with Crippen molar-refractivity contribution in [2.24, 2.45) is 5.73 Å². The largest absolute Gasteiger partial charge is 0.379 e. The number of hydrogen-bond donors (Lipinski definition) is 2. The molecular formula is C6H10N2O2. The van der Waals surface area contributed by atoms with Crippen molar-refractivity contribution in [3.05, 3.63) is 0 Å². The second-order valence-corrected chi connectivity index (χ2v) is 2.08. The zero-order valence-electron chi connectivity index (χ0n) is 5.79. The Labute approximate surface area is 59.3 Å². The lowest BCUT2D eigenvalue weighted by atomic mass is 9.97. The summed E-state index contributed by atoms with van der Waals surface area (Å²) in [6.07, 6.45) is -0.0608. The van der Waals surface area contributed by atoms with E-state index in [1.165, 1.54) is 0 Å². The number of rotatable bonds is 3. The molecule has 0 bridgehead atoms. The van der Waals surface area contributed by atoms with Crippen LogP contribution in [0.15, 0.2) is 0 Å². The number of aliphatic hydroxyl groups is 1. The van der Waals surface area contributed by atoms with Crippen LogP contribution in [-0.2, 0) is 4.79 Å². The SMILES string of the molecule is CC[C@@](O)(CC#N)C(N)=O. The third kappa shape index (κ3) is 1.71. The quantitative estimate of drug-likeness (QED) is 0.558. The molecule has 56 valence electrons. The van der Waals surface area contributed by atoms with E-state index in [-0.39, 0.29) is 12.8 Å². The summed E-state index contributed by atoms with van der Waals surface area (Å²) in [7, 11) is 0. The lowest BCUT2D eigenvalue weighted by Gasteiger charge is -2.18. The number of nitriles is 1. The zero-order valence-corrected chi connectivity index (χ0v) is 5.79. The van der Waals surface area contributed by atoms with Gasteiger partial charge in [0.2, 0.25) is 5.91 Å². The fraction of sp³-hybridized carbons (Fsp3) is 0.667. The van der Waals surface area contributed by atoms with Gasteiger partial charge < -0.3 is 10.8 Å². The van der Waals surface area contributed by atoms with Crippen molar-refractivity contribution < 1.29 is 9.90 Å². The molecule has 0 aliphatic carbocycles. The number of primary amides is 1. The topological polar surface area (TPSA) is 87.1 Å². The summed E-state index contributed by atoms with van der Waals surface area (Å²) >= 11 is 0. The summed E-state index contributed by atoms with van der Waals surface area (Å²) in [5, 5.41) is 17.4. The van der Waals surface area contributed by atoms with Crippen LogP contribution in [0.1, 0.15) is 19.8 Å². The molecule has 0 spiro atoms. The van der Waals surface area contributed by atoms with Crippen LogP contribution >= 0.6 is 0 Å². The predicted octanol–water partition coefficient (Wildman–Crippen LogP) is -0.474. The maximum Gasteiger partial charge on any atom is 0.250 e. The molecule has 4 heteroatoms. The van der Waals surface area contributed by atoms with Gasteiger partial charge in [-0.1, -0.05) is 6.92 Å². The molecule has 0 aromatic carbocycles. The maximum atomic E-state index is 10.5. The zero-order chi connectivity index (χ0) is 8.20. The van der Waals surface area contributed by atoms with Gasteiger partial charge in [-0.2, -0.15) is 5.26 Å². The molecule has 4 nitrogen and oxygen atoms in total. The molecular weight excluding hydrogens is 132 g/mol.